The number of nitrogens with zero attached hydrogens (tertiary/aromatic N) is 2. The summed E-state index contributed by atoms with van der Waals surface area (Å²) < 4.78 is 0. The summed E-state index contributed by atoms with van der Waals surface area (Å²) in [5.41, 5.74) is 0.361. The lowest BCUT2D eigenvalue weighted by atomic mass is 10.3. The lowest BCUT2D eigenvalue weighted by Crippen LogP contribution is -2.28. The summed E-state index contributed by atoms with van der Waals surface area (Å²) in [5, 5.41) is 3.59. The number of carbonyl (C=O) groups is 1. The van der Waals surface area contributed by atoms with Crippen LogP contribution in [0.3, 0.4) is 0 Å². The number of hydrogen-bond acceptors (Lipinski definition) is 3. The Morgan fingerprint density at radius 1 is 1.44 bits per heavy atom. The molecule has 2 rings (SSSR count). The van der Waals surface area contributed by atoms with Crippen LogP contribution in [0, 0.1) is 0 Å². The Bertz CT molecular complexity index is 430. The minimum absolute atomic E-state index is 0.0577. The average molecular weight is 268 g/mol. The van der Waals surface area contributed by atoms with Gasteiger partial charge in [0, 0.05) is 19.6 Å². The number of rotatable bonds is 4. The van der Waals surface area contributed by atoms with E-state index in [1.165, 1.54) is 0 Å². The maximum atomic E-state index is 12.2. The van der Waals surface area contributed by atoms with E-state index in [1.807, 2.05) is 4.90 Å². The molecule has 0 aromatic carbocycles. The first-order valence-corrected chi connectivity index (χ1v) is 6.80. The van der Waals surface area contributed by atoms with Crippen LogP contribution in [0.1, 0.15) is 36.7 Å². The second-order valence-electron chi connectivity index (χ2n) is 4.45. The van der Waals surface area contributed by atoms with E-state index in [9.17, 15) is 4.79 Å². The fraction of sp³-hybridized carbons (Fsp3) is 0.538. The smallest absolute Gasteiger partial charge is 0.274 e. The number of halogens is 1. The Morgan fingerprint density at radius 3 is 2.83 bits per heavy atom. The maximum absolute atomic E-state index is 12.2. The number of carbonyl (C=O) groups excluding carboxylic acids is 1. The molecule has 0 aliphatic carbocycles. The van der Waals surface area contributed by atoms with E-state index < -0.39 is 0 Å². The lowest BCUT2D eigenvalue weighted by molar-refractivity contribution is 0.0787. The highest BCUT2D eigenvalue weighted by molar-refractivity contribution is 6.33. The molecule has 0 saturated carbocycles. The summed E-state index contributed by atoms with van der Waals surface area (Å²) in [6.07, 6.45) is 3.15. The number of likely N-dealkylation sites (tertiary alicyclic amines) is 1. The van der Waals surface area contributed by atoms with Gasteiger partial charge in [0.15, 0.2) is 0 Å². The molecule has 1 aliphatic rings. The Labute approximate surface area is 112 Å². The van der Waals surface area contributed by atoms with Crippen LogP contribution >= 0.6 is 11.6 Å². The van der Waals surface area contributed by atoms with Crippen LogP contribution in [0.2, 0.25) is 5.02 Å². The maximum Gasteiger partial charge on any atom is 0.274 e. The van der Waals surface area contributed by atoms with E-state index in [-0.39, 0.29) is 5.91 Å². The van der Waals surface area contributed by atoms with Crippen molar-refractivity contribution in [2.45, 2.75) is 26.2 Å². The molecule has 0 radical (unpaired) electrons. The predicted molar refractivity (Wildman–Crippen MR) is 73.2 cm³/mol. The van der Waals surface area contributed by atoms with Crippen LogP contribution in [-0.2, 0) is 0 Å². The topological polar surface area (TPSA) is 45.2 Å². The molecule has 1 amide bonds. The third-order valence-corrected chi connectivity index (χ3v) is 3.30. The van der Waals surface area contributed by atoms with E-state index in [4.69, 9.17) is 11.6 Å². The van der Waals surface area contributed by atoms with Gasteiger partial charge in [-0.15, -0.1) is 0 Å². The molecule has 1 saturated heterocycles. The zero-order valence-corrected chi connectivity index (χ0v) is 11.3. The number of pyridine rings is 1. The van der Waals surface area contributed by atoms with Gasteiger partial charge in [-0.3, -0.25) is 4.79 Å². The van der Waals surface area contributed by atoms with E-state index in [2.05, 4.69) is 17.2 Å². The number of aromatic nitrogens is 1. The molecule has 0 atom stereocenters. The van der Waals surface area contributed by atoms with Gasteiger partial charge in [0.25, 0.3) is 5.91 Å². The summed E-state index contributed by atoms with van der Waals surface area (Å²) >= 11 is 6.07. The van der Waals surface area contributed by atoms with Gasteiger partial charge in [0.05, 0.1) is 5.02 Å². The first-order chi connectivity index (χ1) is 8.72. The van der Waals surface area contributed by atoms with Crippen molar-refractivity contribution in [2.75, 3.05) is 25.0 Å². The van der Waals surface area contributed by atoms with Crippen molar-refractivity contribution >= 4 is 23.3 Å². The van der Waals surface area contributed by atoms with Crippen molar-refractivity contribution in [3.05, 3.63) is 22.8 Å². The van der Waals surface area contributed by atoms with Crippen molar-refractivity contribution in [2.24, 2.45) is 0 Å². The molecule has 1 fully saturated rings. The normalized spacial score (nSPS) is 14.9. The van der Waals surface area contributed by atoms with E-state index in [0.29, 0.717) is 16.5 Å². The predicted octanol–water partition coefficient (Wildman–Crippen LogP) is 2.79. The zero-order chi connectivity index (χ0) is 13.0. The molecule has 1 aromatic rings. The molecule has 5 heteroatoms. The number of nitrogens with one attached hydrogen (secondary N) is 1. The number of amides is 1. The minimum atomic E-state index is -0.0577. The fourth-order valence-corrected chi connectivity index (χ4v) is 2.20. The molecule has 0 bridgehead atoms. The Hall–Kier alpha value is -1.29. The highest BCUT2D eigenvalue weighted by atomic mass is 35.5. The van der Waals surface area contributed by atoms with Gasteiger partial charge in [0.1, 0.15) is 11.5 Å². The summed E-state index contributed by atoms with van der Waals surface area (Å²) in [6, 6.07) is 3.54. The quantitative estimate of drug-likeness (QED) is 0.912. The largest absolute Gasteiger partial charge is 0.370 e. The SMILES string of the molecule is CCCNc1ccc(Cl)c(C(=O)N2CCCC2)n1. The standard InChI is InChI=1S/C13H18ClN3O/c1-2-7-15-11-6-5-10(14)12(16-11)13(18)17-8-3-4-9-17/h5-6H,2-4,7-9H2,1H3,(H,15,16). The van der Waals surface area contributed by atoms with Gasteiger partial charge < -0.3 is 10.2 Å². The van der Waals surface area contributed by atoms with Crippen molar-refractivity contribution < 1.29 is 4.79 Å². The highest BCUT2D eigenvalue weighted by Gasteiger charge is 2.23. The lowest BCUT2D eigenvalue weighted by Gasteiger charge is -2.16. The molecule has 0 spiro atoms. The first-order valence-electron chi connectivity index (χ1n) is 6.42. The van der Waals surface area contributed by atoms with Crippen LogP contribution in [0.25, 0.3) is 0 Å². The summed E-state index contributed by atoms with van der Waals surface area (Å²) in [4.78, 5) is 18.4. The average Bonchev–Trinajstić information content (AvgIpc) is 2.91. The van der Waals surface area contributed by atoms with Crippen LogP contribution in [0.4, 0.5) is 5.82 Å². The summed E-state index contributed by atoms with van der Waals surface area (Å²) in [5.74, 6) is 0.654. The Balaban J connectivity index is 2.17. The third kappa shape index (κ3) is 2.93. The van der Waals surface area contributed by atoms with Crippen LogP contribution in [0.5, 0.6) is 0 Å². The molecular formula is C13H18ClN3O. The molecule has 1 N–H and O–H groups in total. The first kappa shape index (κ1) is 13.1. The molecule has 2 heterocycles. The Morgan fingerprint density at radius 2 is 2.17 bits per heavy atom. The van der Waals surface area contributed by atoms with Gasteiger partial charge >= 0.3 is 0 Å². The van der Waals surface area contributed by atoms with E-state index in [0.717, 1.165) is 38.9 Å². The molecular weight excluding hydrogens is 250 g/mol. The highest BCUT2D eigenvalue weighted by Crippen LogP contribution is 2.20. The summed E-state index contributed by atoms with van der Waals surface area (Å²) in [6.45, 7) is 4.54. The third-order valence-electron chi connectivity index (χ3n) is 3.00. The summed E-state index contributed by atoms with van der Waals surface area (Å²) in [7, 11) is 0. The van der Waals surface area contributed by atoms with Crippen molar-refractivity contribution in [3.63, 3.8) is 0 Å². The molecule has 98 valence electrons. The van der Waals surface area contributed by atoms with Crippen LogP contribution in [-0.4, -0.2) is 35.4 Å². The van der Waals surface area contributed by atoms with Gasteiger partial charge in [-0.2, -0.15) is 0 Å². The van der Waals surface area contributed by atoms with Crippen LogP contribution in [0.15, 0.2) is 12.1 Å². The second-order valence-corrected chi connectivity index (χ2v) is 4.86. The zero-order valence-electron chi connectivity index (χ0n) is 10.6. The van der Waals surface area contributed by atoms with Crippen LogP contribution < -0.4 is 5.32 Å². The van der Waals surface area contributed by atoms with Gasteiger partial charge in [-0.1, -0.05) is 18.5 Å². The van der Waals surface area contributed by atoms with Gasteiger partial charge in [-0.25, -0.2) is 4.98 Å². The van der Waals surface area contributed by atoms with E-state index >= 15 is 0 Å². The Kier molecular flexibility index (Phi) is 4.42. The van der Waals surface area contributed by atoms with E-state index in [1.54, 1.807) is 12.1 Å². The molecule has 1 aromatic heterocycles. The number of hydrogen-bond donors (Lipinski definition) is 1. The fourth-order valence-electron chi connectivity index (χ4n) is 2.01. The van der Waals surface area contributed by atoms with Gasteiger partial charge in [0.2, 0.25) is 0 Å². The van der Waals surface area contributed by atoms with Crippen molar-refractivity contribution in [1.82, 2.24) is 9.88 Å². The molecule has 0 unspecified atom stereocenters. The second kappa shape index (κ2) is 6.05. The van der Waals surface area contributed by atoms with Crippen molar-refractivity contribution in [3.8, 4) is 0 Å². The molecule has 4 nitrogen and oxygen atoms in total. The molecule has 18 heavy (non-hydrogen) atoms. The number of anilines is 1. The van der Waals surface area contributed by atoms with Gasteiger partial charge in [-0.05, 0) is 31.4 Å². The minimum Gasteiger partial charge on any atom is -0.370 e. The monoisotopic (exact) mass is 267 g/mol. The molecule has 1 aliphatic heterocycles. The van der Waals surface area contributed by atoms with Crippen molar-refractivity contribution in [1.29, 1.82) is 0 Å².